The fraction of sp³-hybridized carbons (Fsp3) is 0.261. The van der Waals surface area contributed by atoms with Crippen LogP contribution in [0.15, 0.2) is 116 Å². The molecule has 263 valence electrons. The van der Waals surface area contributed by atoms with Crippen molar-refractivity contribution >= 4 is 44.8 Å². The Kier molecular flexibility index (Phi) is 12.3. The van der Waals surface area contributed by atoms with Crippen molar-refractivity contribution in [3.8, 4) is 33.6 Å². The molecule has 5 heteroatoms. The summed E-state index contributed by atoms with van der Waals surface area (Å²) in [4.78, 5) is 9.42. The van der Waals surface area contributed by atoms with E-state index in [1.54, 1.807) is 0 Å². The Balaban J connectivity index is 0.000000205. The molecule has 51 heavy (non-hydrogen) atoms. The number of nitrogens with zero attached hydrogens (tertiary/aromatic N) is 2. The second-order valence-electron chi connectivity index (χ2n) is 15.9. The van der Waals surface area contributed by atoms with E-state index in [0.29, 0.717) is 5.92 Å². The molecule has 0 aliphatic carbocycles. The maximum Gasteiger partial charge on any atom is 0.0798 e. The van der Waals surface area contributed by atoms with Gasteiger partial charge in [0, 0.05) is 37.2 Å². The predicted octanol–water partition coefficient (Wildman–Crippen LogP) is 12.5. The second-order valence-corrected chi connectivity index (χ2v) is 22.0. The second kappa shape index (κ2) is 16.3. The topological polar surface area (TPSA) is 25.8 Å². The first-order valence-corrected chi connectivity index (χ1v) is 22.0. The van der Waals surface area contributed by atoms with Crippen LogP contribution >= 0.6 is 11.3 Å². The minimum absolute atomic E-state index is 0. The van der Waals surface area contributed by atoms with Crippen LogP contribution in [0.2, 0.25) is 19.6 Å². The molecule has 7 aromatic rings. The minimum Gasteiger partial charge on any atom is -0.305 e. The van der Waals surface area contributed by atoms with Crippen LogP contribution in [0.4, 0.5) is 0 Å². The molecule has 0 unspecified atom stereocenters. The van der Waals surface area contributed by atoms with E-state index in [4.69, 9.17) is 9.97 Å². The van der Waals surface area contributed by atoms with Crippen LogP contribution in [0.1, 0.15) is 45.7 Å². The summed E-state index contributed by atoms with van der Waals surface area (Å²) in [6.07, 6.45) is 6.21. The van der Waals surface area contributed by atoms with Crippen molar-refractivity contribution in [1.29, 1.82) is 0 Å². The van der Waals surface area contributed by atoms with Gasteiger partial charge in [0.25, 0.3) is 0 Å². The van der Waals surface area contributed by atoms with Crippen molar-refractivity contribution in [3.05, 3.63) is 139 Å². The van der Waals surface area contributed by atoms with Crippen molar-refractivity contribution < 1.29 is 20.1 Å². The number of fused-ring (bicyclic) bond motifs is 3. The maximum absolute atomic E-state index is 4.72. The van der Waals surface area contributed by atoms with E-state index in [0.717, 1.165) is 35.4 Å². The van der Waals surface area contributed by atoms with Crippen molar-refractivity contribution in [3.63, 3.8) is 0 Å². The van der Waals surface area contributed by atoms with E-state index in [1.165, 1.54) is 47.6 Å². The summed E-state index contributed by atoms with van der Waals surface area (Å²) in [5, 5.41) is 4.10. The average molecular weight is 881 g/mol. The van der Waals surface area contributed by atoms with Gasteiger partial charge in [-0.3, -0.25) is 0 Å². The zero-order valence-electron chi connectivity index (χ0n) is 31.1. The summed E-state index contributed by atoms with van der Waals surface area (Å²) in [6, 6.07) is 43.0. The molecule has 4 aromatic carbocycles. The van der Waals surface area contributed by atoms with E-state index in [-0.39, 0.29) is 25.5 Å². The van der Waals surface area contributed by atoms with Gasteiger partial charge in [-0.1, -0.05) is 143 Å². The van der Waals surface area contributed by atoms with Crippen LogP contribution in [0.25, 0.3) is 53.8 Å². The summed E-state index contributed by atoms with van der Waals surface area (Å²) in [5.41, 5.74) is 9.78. The minimum atomic E-state index is -1.37. The van der Waals surface area contributed by atoms with E-state index in [1.807, 2.05) is 35.7 Å². The number of benzene rings is 4. The van der Waals surface area contributed by atoms with E-state index < -0.39 is 8.07 Å². The molecule has 0 atom stereocenters. The fourth-order valence-corrected chi connectivity index (χ4v) is 9.42. The Morgan fingerprint density at radius 1 is 0.804 bits per heavy atom. The number of hydrogen-bond donors (Lipinski definition) is 0. The van der Waals surface area contributed by atoms with Crippen LogP contribution in [0.5, 0.6) is 0 Å². The molecule has 0 amide bonds. The molecular formula is C46H48IrN2SSi-2. The Morgan fingerprint density at radius 2 is 1.53 bits per heavy atom. The molecule has 0 saturated heterocycles. The van der Waals surface area contributed by atoms with Gasteiger partial charge in [-0.2, -0.15) is 11.3 Å². The molecule has 3 heterocycles. The molecule has 0 aliphatic rings. The largest absolute Gasteiger partial charge is 0.305 e. The monoisotopic (exact) mass is 881 g/mol. The SMILES string of the molecule is CC(C)(C)Cc1cc(-c2[c-]cccc2)ncc1[Si](C)(C)C.CC(C)Cc1ccnc(-c2[c-]cc(-c3ccccc3)c3c2sc2ccccc23)c1.[Ir]. The number of pyridine rings is 2. The van der Waals surface area contributed by atoms with Gasteiger partial charge in [0.1, 0.15) is 0 Å². The predicted molar refractivity (Wildman–Crippen MR) is 220 cm³/mol. The first kappa shape index (κ1) is 38.5. The Hall–Kier alpha value is -3.73. The number of aromatic nitrogens is 2. The third-order valence-electron chi connectivity index (χ3n) is 8.77. The van der Waals surface area contributed by atoms with Gasteiger partial charge in [-0.15, -0.1) is 53.6 Å². The van der Waals surface area contributed by atoms with Gasteiger partial charge in [-0.05, 0) is 63.0 Å². The number of hydrogen-bond acceptors (Lipinski definition) is 3. The van der Waals surface area contributed by atoms with Crippen LogP contribution in [-0.2, 0) is 32.9 Å². The first-order chi connectivity index (χ1) is 23.9. The smallest absolute Gasteiger partial charge is 0.0798 e. The Labute approximate surface area is 323 Å². The van der Waals surface area contributed by atoms with Crippen molar-refractivity contribution in [2.24, 2.45) is 11.3 Å². The summed E-state index contributed by atoms with van der Waals surface area (Å²) in [5.74, 6) is 0.624. The average Bonchev–Trinajstić information content (AvgIpc) is 3.47. The van der Waals surface area contributed by atoms with Crippen molar-refractivity contribution in [2.45, 2.75) is 67.1 Å². The van der Waals surface area contributed by atoms with Gasteiger partial charge >= 0.3 is 0 Å². The van der Waals surface area contributed by atoms with Crippen molar-refractivity contribution in [2.75, 3.05) is 0 Å². The standard InChI is InChI=1S/C27H22NS.C19H26NSi.Ir/c1-18(2)16-19-14-15-28-24(17-19)22-13-12-21(20-8-4-3-5-9-20)26-23-10-6-7-11-25(23)29-27(22)26;1-19(2,3)13-16-12-17(15-10-8-7-9-11-15)20-14-18(16)21(4,5)6;/h3-12,14-15,17-18H,16H2,1-2H3;7-10,12,14H,13H2,1-6H3;/q2*-1;. The maximum atomic E-state index is 4.72. The molecule has 1 radical (unpaired) electrons. The van der Waals surface area contributed by atoms with Gasteiger partial charge in [0.2, 0.25) is 0 Å². The zero-order chi connectivity index (χ0) is 35.5. The van der Waals surface area contributed by atoms with Crippen molar-refractivity contribution in [1.82, 2.24) is 9.97 Å². The zero-order valence-corrected chi connectivity index (χ0v) is 35.3. The Bertz CT molecular complexity index is 2210. The third kappa shape index (κ3) is 9.39. The van der Waals surface area contributed by atoms with Crippen LogP contribution in [-0.4, -0.2) is 18.0 Å². The molecule has 3 aromatic heterocycles. The fourth-order valence-electron chi connectivity index (χ4n) is 6.61. The van der Waals surface area contributed by atoms with Gasteiger partial charge in [-0.25, -0.2) is 0 Å². The number of thiophene rings is 1. The summed E-state index contributed by atoms with van der Waals surface area (Å²) >= 11 is 1.84. The van der Waals surface area contributed by atoms with E-state index >= 15 is 0 Å². The quantitative estimate of drug-likeness (QED) is 0.118. The summed E-state index contributed by atoms with van der Waals surface area (Å²) in [6.45, 7) is 18.6. The van der Waals surface area contributed by atoms with E-state index in [9.17, 15) is 0 Å². The molecule has 0 fully saturated rings. The molecule has 0 bridgehead atoms. The summed E-state index contributed by atoms with van der Waals surface area (Å²) in [7, 11) is -1.37. The Morgan fingerprint density at radius 3 is 2.22 bits per heavy atom. The summed E-state index contributed by atoms with van der Waals surface area (Å²) < 4.78 is 2.57. The first-order valence-electron chi connectivity index (χ1n) is 17.7. The molecule has 2 nitrogen and oxygen atoms in total. The van der Waals surface area contributed by atoms with E-state index in [2.05, 4.69) is 158 Å². The molecule has 0 N–H and O–H groups in total. The van der Waals surface area contributed by atoms with Crippen LogP contribution in [0.3, 0.4) is 0 Å². The van der Waals surface area contributed by atoms with Crippen LogP contribution < -0.4 is 5.19 Å². The molecule has 7 rings (SSSR count). The van der Waals surface area contributed by atoms with Gasteiger partial charge in [0.05, 0.1) is 8.07 Å². The molecular weight excluding hydrogens is 833 g/mol. The third-order valence-corrected chi connectivity index (χ3v) is 12.0. The van der Waals surface area contributed by atoms with Gasteiger partial charge < -0.3 is 9.97 Å². The molecule has 0 spiro atoms. The normalized spacial score (nSPS) is 11.7. The van der Waals surface area contributed by atoms with Gasteiger partial charge in [0.15, 0.2) is 0 Å². The van der Waals surface area contributed by atoms with Crippen LogP contribution in [0, 0.1) is 23.5 Å². The molecule has 0 saturated carbocycles. The number of rotatable bonds is 7. The molecule has 0 aliphatic heterocycles.